The number of aromatic nitrogens is 2. The highest BCUT2D eigenvalue weighted by atomic mass is 16.5. The summed E-state index contributed by atoms with van der Waals surface area (Å²) in [5, 5.41) is 2.19. The fraction of sp³-hybridized carbons (Fsp3) is 0.0189. The van der Waals surface area contributed by atoms with Crippen molar-refractivity contribution in [3.63, 3.8) is 0 Å². The van der Waals surface area contributed by atoms with E-state index in [9.17, 15) is 0 Å². The molecule has 3 heterocycles. The van der Waals surface area contributed by atoms with Gasteiger partial charge in [0.25, 0.3) is 0 Å². The molecule has 2 aromatic heterocycles. The molecule has 0 bridgehead atoms. The van der Waals surface area contributed by atoms with Crippen LogP contribution in [-0.4, -0.2) is 9.97 Å². The van der Waals surface area contributed by atoms with E-state index in [0.29, 0.717) is 5.82 Å². The molecular formula is C53H32N2O2. The maximum Gasteiger partial charge on any atom is 0.160 e. The van der Waals surface area contributed by atoms with Crippen LogP contribution in [0.25, 0.3) is 78.1 Å². The molecule has 4 heteroatoms. The van der Waals surface area contributed by atoms with Gasteiger partial charge in [-0.3, -0.25) is 0 Å². The first-order chi connectivity index (χ1) is 28.2. The van der Waals surface area contributed by atoms with Crippen LogP contribution in [0.3, 0.4) is 0 Å². The van der Waals surface area contributed by atoms with Gasteiger partial charge < -0.3 is 9.15 Å². The summed E-state index contributed by atoms with van der Waals surface area (Å²) in [6.45, 7) is 0. The van der Waals surface area contributed by atoms with Gasteiger partial charge in [0.1, 0.15) is 22.7 Å². The van der Waals surface area contributed by atoms with Gasteiger partial charge in [0.15, 0.2) is 5.82 Å². The molecule has 0 radical (unpaired) electrons. The molecular weight excluding hydrogens is 697 g/mol. The van der Waals surface area contributed by atoms with Gasteiger partial charge in [-0.1, -0.05) is 164 Å². The second kappa shape index (κ2) is 12.2. The van der Waals surface area contributed by atoms with Crippen molar-refractivity contribution in [3.05, 3.63) is 216 Å². The van der Waals surface area contributed by atoms with Gasteiger partial charge in [-0.25, -0.2) is 9.97 Å². The van der Waals surface area contributed by atoms with Crippen LogP contribution in [0, 0.1) is 0 Å². The molecule has 0 amide bonds. The first-order valence-electron chi connectivity index (χ1n) is 19.3. The summed E-state index contributed by atoms with van der Waals surface area (Å²) in [6, 6.07) is 68.2. The highest BCUT2D eigenvalue weighted by Crippen LogP contribution is 2.63. The van der Waals surface area contributed by atoms with Crippen molar-refractivity contribution in [1.29, 1.82) is 0 Å². The van der Waals surface area contributed by atoms with Gasteiger partial charge in [0, 0.05) is 44.2 Å². The fourth-order valence-corrected chi connectivity index (χ4v) is 9.27. The van der Waals surface area contributed by atoms with Crippen LogP contribution in [-0.2, 0) is 5.41 Å². The number of ether oxygens (including phenoxy) is 1. The topological polar surface area (TPSA) is 48.2 Å². The van der Waals surface area contributed by atoms with Gasteiger partial charge in [-0.2, -0.15) is 0 Å². The lowest BCUT2D eigenvalue weighted by Crippen LogP contribution is -2.32. The monoisotopic (exact) mass is 728 g/mol. The summed E-state index contributed by atoms with van der Waals surface area (Å²) in [5.74, 6) is 2.40. The van der Waals surface area contributed by atoms with Crippen LogP contribution in [0.2, 0.25) is 0 Å². The standard InChI is InChI=1S/C53H32N2O2/c1-2-13-34(14-3-1)46-32-47(36-29-30-41-40-17-6-10-23-48(40)56-50(41)31-36)55-52(54-46)35-27-25-33(26-28-35)37-18-12-22-45-51(37)57-49-24-11-9-21-44(49)53(45)42-19-7-4-15-38(42)39-16-5-8-20-43(39)53/h1-32H. The van der Waals surface area contributed by atoms with Crippen molar-refractivity contribution >= 4 is 21.9 Å². The first kappa shape index (κ1) is 31.8. The zero-order chi connectivity index (χ0) is 37.5. The Labute approximate surface area is 329 Å². The Morgan fingerprint density at radius 3 is 1.74 bits per heavy atom. The number of benzene rings is 8. The maximum atomic E-state index is 6.94. The van der Waals surface area contributed by atoms with E-state index < -0.39 is 5.41 Å². The van der Waals surface area contributed by atoms with Crippen LogP contribution < -0.4 is 4.74 Å². The van der Waals surface area contributed by atoms with Crippen molar-refractivity contribution in [3.8, 4) is 67.7 Å². The van der Waals surface area contributed by atoms with Crippen molar-refractivity contribution in [2.24, 2.45) is 0 Å². The van der Waals surface area contributed by atoms with Crippen molar-refractivity contribution in [2.45, 2.75) is 5.41 Å². The minimum Gasteiger partial charge on any atom is -0.456 e. The van der Waals surface area contributed by atoms with E-state index in [-0.39, 0.29) is 0 Å². The Morgan fingerprint density at radius 2 is 0.947 bits per heavy atom. The highest BCUT2D eigenvalue weighted by Gasteiger charge is 2.51. The average molecular weight is 729 g/mol. The predicted molar refractivity (Wildman–Crippen MR) is 228 cm³/mol. The predicted octanol–water partition coefficient (Wildman–Crippen LogP) is 13.5. The third-order valence-electron chi connectivity index (χ3n) is 11.8. The summed E-state index contributed by atoms with van der Waals surface area (Å²) in [4.78, 5) is 10.3. The molecule has 12 rings (SSSR count). The number of fused-ring (bicyclic) bond motifs is 12. The van der Waals surface area contributed by atoms with Gasteiger partial charge in [0.2, 0.25) is 0 Å². The smallest absolute Gasteiger partial charge is 0.160 e. The molecule has 0 unspecified atom stereocenters. The third-order valence-corrected chi connectivity index (χ3v) is 11.8. The van der Waals surface area contributed by atoms with Crippen LogP contribution in [0.1, 0.15) is 22.3 Å². The molecule has 2 aliphatic rings. The van der Waals surface area contributed by atoms with Crippen LogP contribution in [0.15, 0.2) is 199 Å². The fourth-order valence-electron chi connectivity index (χ4n) is 9.27. The summed E-state index contributed by atoms with van der Waals surface area (Å²) in [6.07, 6.45) is 0. The Morgan fingerprint density at radius 1 is 0.368 bits per heavy atom. The molecule has 0 N–H and O–H groups in total. The molecule has 57 heavy (non-hydrogen) atoms. The zero-order valence-electron chi connectivity index (χ0n) is 30.7. The van der Waals surface area contributed by atoms with E-state index in [1.54, 1.807) is 0 Å². The number of nitrogens with zero attached hydrogens (tertiary/aromatic N) is 2. The van der Waals surface area contributed by atoms with Crippen molar-refractivity contribution < 1.29 is 9.15 Å². The number of hydrogen-bond acceptors (Lipinski definition) is 4. The molecule has 0 saturated carbocycles. The Hall–Kier alpha value is -7.56. The molecule has 10 aromatic rings. The van der Waals surface area contributed by atoms with Crippen LogP contribution >= 0.6 is 0 Å². The lowest BCUT2D eigenvalue weighted by atomic mass is 9.65. The van der Waals surface area contributed by atoms with Crippen LogP contribution in [0.4, 0.5) is 0 Å². The zero-order valence-corrected chi connectivity index (χ0v) is 30.7. The average Bonchev–Trinajstić information content (AvgIpc) is 3.80. The summed E-state index contributed by atoms with van der Waals surface area (Å²) in [5.41, 5.74) is 15.3. The summed E-state index contributed by atoms with van der Waals surface area (Å²) < 4.78 is 13.2. The van der Waals surface area contributed by atoms with E-state index in [4.69, 9.17) is 19.1 Å². The van der Waals surface area contributed by atoms with Gasteiger partial charge in [0.05, 0.1) is 16.8 Å². The maximum absolute atomic E-state index is 6.94. The normalized spacial score (nSPS) is 13.2. The molecule has 0 atom stereocenters. The first-order valence-corrected chi connectivity index (χ1v) is 19.3. The Kier molecular flexibility index (Phi) is 6.81. The Bertz CT molecular complexity index is 3170. The second-order valence-corrected chi connectivity index (χ2v) is 14.8. The number of rotatable bonds is 4. The quantitative estimate of drug-likeness (QED) is 0.181. The molecule has 4 nitrogen and oxygen atoms in total. The van der Waals surface area contributed by atoms with E-state index in [1.165, 1.54) is 22.3 Å². The van der Waals surface area contributed by atoms with Crippen molar-refractivity contribution in [2.75, 3.05) is 0 Å². The van der Waals surface area contributed by atoms with Gasteiger partial charge in [-0.15, -0.1) is 0 Å². The lowest BCUT2D eigenvalue weighted by Gasteiger charge is -2.40. The molecule has 0 fully saturated rings. The van der Waals surface area contributed by atoms with E-state index in [1.807, 2.05) is 36.4 Å². The van der Waals surface area contributed by atoms with Gasteiger partial charge >= 0.3 is 0 Å². The lowest BCUT2D eigenvalue weighted by molar-refractivity contribution is 0.438. The SMILES string of the molecule is c1ccc(-c2cc(-c3ccc4c(c3)oc3ccccc34)nc(-c3ccc(-c4cccc5c4Oc4ccccc4C54c5ccccc5-c5ccccc54)cc3)n2)cc1. The van der Waals surface area contributed by atoms with E-state index in [2.05, 4.69) is 158 Å². The largest absolute Gasteiger partial charge is 0.456 e. The minimum atomic E-state index is -0.513. The Balaban J connectivity index is 0.992. The second-order valence-electron chi connectivity index (χ2n) is 14.8. The third kappa shape index (κ3) is 4.68. The minimum absolute atomic E-state index is 0.513. The number of hydrogen-bond donors (Lipinski definition) is 0. The number of para-hydroxylation sites is 3. The van der Waals surface area contributed by atoms with Crippen molar-refractivity contribution in [1.82, 2.24) is 9.97 Å². The molecule has 8 aromatic carbocycles. The summed E-state index contributed by atoms with van der Waals surface area (Å²) >= 11 is 0. The number of furan rings is 1. The van der Waals surface area contributed by atoms with E-state index in [0.717, 1.165) is 83.8 Å². The van der Waals surface area contributed by atoms with Gasteiger partial charge in [-0.05, 0) is 58.1 Å². The summed E-state index contributed by atoms with van der Waals surface area (Å²) in [7, 11) is 0. The molecule has 1 spiro atoms. The molecule has 0 saturated heterocycles. The highest BCUT2D eigenvalue weighted by molar-refractivity contribution is 6.05. The molecule has 1 aliphatic heterocycles. The van der Waals surface area contributed by atoms with E-state index >= 15 is 0 Å². The van der Waals surface area contributed by atoms with Crippen LogP contribution in [0.5, 0.6) is 11.5 Å². The molecule has 1 aliphatic carbocycles. The molecule has 266 valence electrons.